The zero-order valence-corrected chi connectivity index (χ0v) is 17.9. The predicted molar refractivity (Wildman–Crippen MR) is 113 cm³/mol. The molecule has 0 bridgehead atoms. The molecule has 1 atom stereocenters. The van der Waals surface area contributed by atoms with Crippen molar-refractivity contribution in [1.82, 2.24) is 9.55 Å². The maximum atomic E-state index is 12.9. The minimum atomic E-state index is -0.602. The molecular formula is C20H24N4O5S. The van der Waals surface area contributed by atoms with E-state index in [-0.39, 0.29) is 24.5 Å². The molecule has 3 N–H and O–H groups in total. The summed E-state index contributed by atoms with van der Waals surface area (Å²) in [5.74, 6) is 0.709. The van der Waals surface area contributed by atoms with Crippen molar-refractivity contribution in [3.05, 3.63) is 39.7 Å². The van der Waals surface area contributed by atoms with Crippen LogP contribution in [0.25, 0.3) is 0 Å². The van der Waals surface area contributed by atoms with Gasteiger partial charge in [0.25, 0.3) is 11.5 Å². The summed E-state index contributed by atoms with van der Waals surface area (Å²) in [6, 6.07) is 5.12. The molecule has 160 valence electrons. The number of primary amides is 1. The minimum absolute atomic E-state index is 0.108. The number of nitrogens with zero attached hydrogens (tertiary/aromatic N) is 2. The van der Waals surface area contributed by atoms with Crippen LogP contribution < -0.4 is 26.1 Å². The van der Waals surface area contributed by atoms with E-state index in [2.05, 4.69) is 10.3 Å². The van der Waals surface area contributed by atoms with Gasteiger partial charge in [0.15, 0.2) is 23.3 Å². The van der Waals surface area contributed by atoms with Crippen molar-refractivity contribution < 1.29 is 19.1 Å². The van der Waals surface area contributed by atoms with E-state index in [9.17, 15) is 14.4 Å². The molecule has 1 aromatic heterocycles. The molecular weight excluding hydrogens is 408 g/mol. The van der Waals surface area contributed by atoms with Gasteiger partial charge < -0.3 is 25.1 Å². The van der Waals surface area contributed by atoms with Gasteiger partial charge in [0, 0.05) is 19.4 Å². The highest BCUT2D eigenvalue weighted by atomic mass is 32.2. The van der Waals surface area contributed by atoms with Crippen LogP contribution in [0, 0.1) is 0 Å². The third kappa shape index (κ3) is 4.43. The first kappa shape index (κ1) is 21.7. The van der Waals surface area contributed by atoms with Crippen molar-refractivity contribution in [2.24, 2.45) is 12.8 Å². The van der Waals surface area contributed by atoms with E-state index in [1.807, 2.05) is 13.8 Å². The molecule has 0 spiro atoms. The van der Waals surface area contributed by atoms with Crippen LogP contribution >= 0.6 is 11.8 Å². The smallest absolute Gasteiger partial charge is 0.279 e. The summed E-state index contributed by atoms with van der Waals surface area (Å²) < 4.78 is 12.8. The second-order valence-corrected chi connectivity index (χ2v) is 7.88. The lowest BCUT2D eigenvalue weighted by atomic mass is 9.86. The number of nitrogens with one attached hydrogen (secondary N) is 1. The number of benzene rings is 1. The second-order valence-electron chi connectivity index (χ2n) is 6.65. The van der Waals surface area contributed by atoms with Crippen LogP contribution in [0.15, 0.2) is 28.2 Å². The Labute approximate surface area is 178 Å². The Balaban J connectivity index is 2.08. The number of hydrogen-bond donors (Lipinski definition) is 2. The number of ether oxygens (including phenoxy) is 2. The summed E-state index contributed by atoms with van der Waals surface area (Å²) in [7, 11) is 1.78. The van der Waals surface area contributed by atoms with E-state index >= 15 is 0 Å². The van der Waals surface area contributed by atoms with Gasteiger partial charge in [-0.15, -0.1) is 0 Å². The van der Waals surface area contributed by atoms with Crippen molar-refractivity contribution in [1.29, 1.82) is 0 Å². The maximum absolute atomic E-state index is 12.9. The molecule has 3 rings (SSSR count). The Bertz CT molecular complexity index is 1040. The summed E-state index contributed by atoms with van der Waals surface area (Å²) >= 11 is 1.43. The van der Waals surface area contributed by atoms with Gasteiger partial charge >= 0.3 is 0 Å². The molecule has 9 nitrogen and oxygen atoms in total. The molecule has 2 amide bonds. The van der Waals surface area contributed by atoms with E-state index in [1.165, 1.54) is 11.8 Å². The van der Waals surface area contributed by atoms with Gasteiger partial charge in [-0.25, -0.2) is 0 Å². The number of thioether (sulfide) groups is 1. The monoisotopic (exact) mass is 432 g/mol. The fourth-order valence-corrected chi connectivity index (χ4v) is 4.05. The van der Waals surface area contributed by atoms with Gasteiger partial charge in [0.05, 0.1) is 12.2 Å². The topological polar surface area (TPSA) is 126 Å². The number of carbonyl (C=O) groups is 2. The summed E-state index contributed by atoms with van der Waals surface area (Å²) in [6.07, 6.45) is 0.108. The lowest BCUT2D eigenvalue weighted by Gasteiger charge is -2.28. The maximum Gasteiger partial charge on any atom is 0.279 e. The molecule has 30 heavy (non-hydrogen) atoms. The standard InChI is InChI=1S/C20H24N4O5S/c1-4-28-14-8-11(6-7-13(14)29-10-15(21)25)12-9-16(26)22-18-17(12)19(27)23-20(24(18)3)30-5-2/h6-8,12H,4-5,9-10H2,1-3H3,(H2,21,25)(H,22,26)/t12-/m0/s1. The lowest BCUT2D eigenvalue weighted by molar-refractivity contribution is -0.120. The average molecular weight is 433 g/mol. The molecule has 0 fully saturated rings. The van der Waals surface area contributed by atoms with E-state index in [0.29, 0.717) is 34.6 Å². The minimum Gasteiger partial charge on any atom is -0.490 e. The lowest BCUT2D eigenvalue weighted by Crippen LogP contribution is -2.33. The van der Waals surface area contributed by atoms with Crippen LogP contribution in [-0.4, -0.2) is 40.3 Å². The molecule has 10 heteroatoms. The predicted octanol–water partition coefficient (Wildman–Crippen LogP) is 1.63. The van der Waals surface area contributed by atoms with Crippen molar-refractivity contribution in [3.63, 3.8) is 0 Å². The van der Waals surface area contributed by atoms with Crippen LogP contribution in [0.3, 0.4) is 0 Å². The molecule has 0 radical (unpaired) electrons. The highest BCUT2D eigenvalue weighted by molar-refractivity contribution is 7.99. The normalized spacial score (nSPS) is 15.3. The van der Waals surface area contributed by atoms with Crippen molar-refractivity contribution >= 4 is 29.4 Å². The number of fused-ring (bicyclic) bond motifs is 1. The molecule has 2 heterocycles. The van der Waals surface area contributed by atoms with Gasteiger partial charge in [0.1, 0.15) is 5.82 Å². The first-order valence-corrected chi connectivity index (χ1v) is 10.6. The Morgan fingerprint density at radius 1 is 1.30 bits per heavy atom. The van der Waals surface area contributed by atoms with Gasteiger partial charge in [-0.05, 0) is 30.4 Å². The third-order valence-corrected chi connectivity index (χ3v) is 5.53. The zero-order chi connectivity index (χ0) is 21.8. The molecule has 0 saturated heterocycles. The van der Waals surface area contributed by atoms with Gasteiger partial charge in [-0.3, -0.25) is 14.4 Å². The Kier molecular flexibility index (Phi) is 6.66. The SMILES string of the molecule is CCOc1cc([C@@H]2CC(=O)Nc3c2c(=O)nc(SCC)n3C)ccc1OCC(N)=O. The van der Waals surface area contributed by atoms with E-state index < -0.39 is 11.8 Å². The molecule has 1 aliphatic rings. The molecule has 0 aliphatic carbocycles. The Morgan fingerprint density at radius 2 is 2.07 bits per heavy atom. The first-order chi connectivity index (χ1) is 14.3. The first-order valence-electron chi connectivity index (χ1n) is 9.57. The van der Waals surface area contributed by atoms with Gasteiger partial charge in [0.2, 0.25) is 5.91 Å². The number of nitrogens with two attached hydrogens (primary N) is 1. The highest BCUT2D eigenvalue weighted by Crippen LogP contribution is 2.39. The van der Waals surface area contributed by atoms with E-state index in [4.69, 9.17) is 15.2 Å². The number of rotatable bonds is 8. The number of carbonyl (C=O) groups excluding carboxylic acids is 2. The van der Waals surface area contributed by atoms with Crippen LogP contribution in [0.5, 0.6) is 11.5 Å². The van der Waals surface area contributed by atoms with E-state index in [0.717, 1.165) is 11.3 Å². The zero-order valence-electron chi connectivity index (χ0n) is 17.1. The number of hydrogen-bond acceptors (Lipinski definition) is 7. The molecule has 1 aliphatic heterocycles. The summed E-state index contributed by atoms with van der Waals surface area (Å²) in [5, 5.41) is 3.36. The summed E-state index contributed by atoms with van der Waals surface area (Å²) in [4.78, 5) is 40.5. The summed E-state index contributed by atoms with van der Waals surface area (Å²) in [5.41, 5.74) is 5.94. The second kappa shape index (κ2) is 9.21. The molecule has 2 aromatic rings. The van der Waals surface area contributed by atoms with Crippen LogP contribution in [-0.2, 0) is 16.6 Å². The average Bonchev–Trinajstić information content (AvgIpc) is 2.70. The van der Waals surface area contributed by atoms with Crippen LogP contribution in [0.2, 0.25) is 0 Å². The molecule has 0 saturated carbocycles. The van der Waals surface area contributed by atoms with Gasteiger partial charge in [-0.1, -0.05) is 24.8 Å². The summed E-state index contributed by atoms with van der Waals surface area (Å²) in [6.45, 7) is 3.88. The number of amides is 2. The Morgan fingerprint density at radius 3 is 2.73 bits per heavy atom. The fourth-order valence-electron chi connectivity index (χ4n) is 3.36. The van der Waals surface area contributed by atoms with Crippen molar-refractivity contribution in [2.45, 2.75) is 31.3 Å². The largest absolute Gasteiger partial charge is 0.490 e. The third-order valence-electron chi connectivity index (χ3n) is 4.61. The van der Waals surface area contributed by atoms with Crippen molar-refractivity contribution in [3.8, 4) is 11.5 Å². The molecule has 1 aromatic carbocycles. The molecule has 0 unspecified atom stereocenters. The van der Waals surface area contributed by atoms with Crippen LogP contribution in [0.4, 0.5) is 5.82 Å². The number of aromatic nitrogens is 2. The fraction of sp³-hybridized carbons (Fsp3) is 0.400. The quantitative estimate of drug-likeness (QED) is 0.480. The number of anilines is 1. The van der Waals surface area contributed by atoms with Crippen LogP contribution in [0.1, 0.15) is 37.3 Å². The van der Waals surface area contributed by atoms with Gasteiger partial charge in [-0.2, -0.15) is 4.98 Å². The van der Waals surface area contributed by atoms with Crippen molar-refractivity contribution in [2.75, 3.05) is 24.3 Å². The highest BCUT2D eigenvalue weighted by Gasteiger charge is 2.32. The van der Waals surface area contributed by atoms with E-state index in [1.54, 1.807) is 29.8 Å². The Hall–Kier alpha value is -3.01.